The molecule has 0 aliphatic heterocycles. The Morgan fingerprint density at radius 3 is 2.95 bits per heavy atom. The number of rotatable bonds is 2. The summed E-state index contributed by atoms with van der Waals surface area (Å²) < 4.78 is 5.68. The number of benzene rings is 1. The van der Waals surface area contributed by atoms with Crippen LogP contribution in [0.15, 0.2) is 34.8 Å². The molecule has 1 aliphatic carbocycles. The van der Waals surface area contributed by atoms with E-state index < -0.39 is 11.9 Å². The van der Waals surface area contributed by atoms with Gasteiger partial charge in [-0.2, -0.15) is 0 Å². The van der Waals surface area contributed by atoms with Crippen molar-refractivity contribution in [3.8, 4) is 0 Å². The number of carboxylic acid groups (broad SMARTS) is 1. The fourth-order valence-electron chi connectivity index (χ4n) is 2.43. The second-order valence-corrected chi connectivity index (χ2v) is 5.09. The highest BCUT2D eigenvalue weighted by molar-refractivity contribution is 6.31. The van der Waals surface area contributed by atoms with Crippen LogP contribution in [0.3, 0.4) is 0 Å². The Morgan fingerprint density at radius 1 is 1.37 bits per heavy atom. The molecule has 98 valence electrons. The van der Waals surface area contributed by atoms with E-state index in [-0.39, 0.29) is 5.92 Å². The molecule has 0 saturated heterocycles. The smallest absolute Gasteiger partial charge is 0.307 e. The monoisotopic (exact) mass is 277 g/mol. The van der Waals surface area contributed by atoms with Gasteiger partial charge in [0, 0.05) is 11.1 Å². The summed E-state index contributed by atoms with van der Waals surface area (Å²) in [6, 6.07) is 5.21. The molecule has 2 aromatic rings. The molecule has 0 unspecified atom stereocenters. The average molecular weight is 278 g/mol. The van der Waals surface area contributed by atoms with Gasteiger partial charge in [-0.1, -0.05) is 23.8 Å². The summed E-state index contributed by atoms with van der Waals surface area (Å²) in [6.45, 7) is 0. The molecule has 0 radical (unpaired) electrons. The molecule has 3 rings (SSSR count). The van der Waals surface area contributed by atoms with Crippen LogP contribution in [0.5, 0.6) is 0 Å². The maximum Gasteiger partial charge on any atom is 0.307 e. The zero-order chi connectivity index (χ0) is 13.4. The van der Waals surface area contributed by atoms with E-state index in [1.165, 1.54) is 0 Å². The third kappa shape index (κ3) is 2.24. The number of carbonyl (C=O) groups is 1. The molecule has 1 aliphatic rings. The summed E-state index contributed by atoms with van der Waals surface area (Å²) in [5.41, 5.74) is 1.30. The molecule has 2 atom stereocenters. The van der Waals surface area contributed by atoms with E-state index in [0.29, 0.717) is 34.9 Å². The largest absolute Gasteiger partial charge is 0.481 e. The van der Waals surface area contributed by atoms with Crippen LogP contribution < -0.4 is 0 Å². The SMILES string of the molecule is O=C(O)[C@H]1CC=CC[C@H]1c1nc2ccc(Cl)cc2o1. The third-order valence-electron chi connectivity index (χ3n) is 3.43. The van der Waals surface area contributed by atoms with Gasteiger partial charge in [0.15, 0.2) is 11.5 Å². The minimum Gasteiger partial charge on any atom is -0.481 e. The highest BCUT2D eigenvalue weighted by Gasteiger charge is 2.33. The molecule has 5 heteroatoms. The van der Waals surface area contributed by atoms with E-state index in [1.807, 2.05) is 12.2 Å². The highest BCUT2D eigenvalue weighted by Crippen LogP contribution is 2.36. The van der Waals surface area contributed by atoms with Gasteiger partial charge in [0.05, 0.1) is 11.8 Å². The number of allylic oxidation sites excluding steroid dienone is 2. The topological polar surface area (TPSA) is 63.3 Å². The number of halogens is 1. The van der Waals surface area contributed by atoms with Crippen LogP contribution in [-0.4, -0.2) is 16.1 Å². The Hall–Kier alpha value is -1.81. The second kappa shape index (κ2) is 4.70. The quantitative estimate of drug-likeness (QED) is 0.852. The van der Waals surface area contributed by atoms with Crippen molar-refractivity contribution in [3.63, 3.8) is 0 Å². The van der Waals surface area contributed by atoms with E-state index in [4.69, 9.17) is 16.0 Å². The van der Waals surface area contributed by atoms with Crippen LogP contribution in [0, 0.1) is 5.92 Å². The lowest BCUT2D eigenvalue weighted by atomic mass is 9.83. The minimum atomic E-state index is -0.811. The molecule has 0 bridgehead atoms. The lowest BCUT2D eigenvalue weighted by molar-refractivity contribution is -0.142. The van der Waals surface area contributed by atoms with Crippen molar-refractivity contribution in [1.29, 1.82) is 0 Å². The van der Waals surface area contributed by atoms with Gasteiger partial charge in [0.2, 0.25) is 0 Å². The average Bonchev–Trinajstić information content (AvgIpc) is 2.81. The second-order valence-electron chi connectivity index (χ2n) is 4.66. The zero-order valence-electron chi connectivity index (χ0n) is 10.0. The van der Waals surface area contributed by atoms with Crippen molar-refractivity contribution < 1.29 is 14.3 Å². The lowest BCUT2D eigenvalue weighted by Crippen LogP contribution is -2.23. The Kier molecular flexibility index (Phi) is 3.03. The summed E-state index contributed by atoms with van der Waals surface area (Å²) >= 11 is 5.90. The summed E-state index contributed by atoms with van der Waals surface area (Å²) in [5, 5.41) is 9.84. The van der Waals surface area contributed by atoms with Crippen molar-refractivity contribution >= 4 is 28.7 Å². The van der Waals surface area contributed by atoms with Gasteiger partial charge in [0.25, 0.3) is 0 Å². The van der Waals surface area contributed by atoms with Gasteiger partial charge in [-0.3, -0.25) is 4.79 Å². The summed E-state index contributed by atoms with van der Waals surface area (Å²) in [7, 11) is 0. The molecule has 1 aromatic heterocycles. The first-order valence-electron chi connectivity index (χ1n) is 6.09. The summed E-state index contributed by atoms with van der Waals surface area (Å²) in [6.07, 6.45) is 5.03. The van der Waals surface area contributed by atoms with Gasteiger partial charge in [-0.05, 0) is 25.0 Å². The number of nitrogens with zero attached hydrogens (tertiary/aromatic N) is 1. The molecule has 0 fully saturated rings. The maximum absolute atomic E-state index is 11.3. The van der Waals surface area contributed by atoms with Crippen molar-refractivity contribution in [2.75, 3.05) is 0 Å². The van der Waals surface area contributed by atoms with Gasteiger partial charge in [-0.15, -0.1) is 0 Å². The van der Waals surface area contributed by atoms with Crippen LogP contribution in [0.4, 0.5) is 0 Å². The Labute approximate surface area is 114 Å². The number of hydrogen-bond acceptors (Lipinski definition) is 3. The van der Waals surface area contributed by atoms with E-state index in [1.54, 1.807) is 18.2 Å². The van der Waals surface area contributed by atoms with Crippen LogP contribution in [0.25, 0.3) is 11.1 Å². The lowest BCUT2D eigenvalue weighted by Gasteiger charge is -2.21. The molecule has 4 nitrogen and oxygen atoms in total. The van der Waals surface area contributed by atoms with E-state index in [9.17, 15) is 9.90 Å². The summed E-state index contributed by atoms with van der Waals surface area (Å²) in [5.74, 6) is -1.02. The number of aromatic nitrogens is 1. The maximum atomic E-state index is 11.3. The van der Waals surface area contributed by atoms with Crippen LogP contribution in [-0.2, 0) is 4.79 Å². The molecule has 1 aromatic carbocycles. The Morgan fingerprint density at radius 2 is 2.16 bits per heavy atom. The molecule has 1 N–H and O–H groups in total. The fourth-order valence-corrected chi connectivity index (χ4v) is 2.60. The van der Waals surface area contributed by atoms with E-state index in [0.717, 1.165) is 0 Å². The van der Waals surface area contributed by atoms with E-state index >= 15 is 0 Å². The first kappa shape index (κ1) is 12.2. The Bertz CT molecular complexity index is 662. The van der Waals surface area contributed by atoms with Crippen LogP contribution in [0.1, 0.15) is 24.7 Å². The number of oxazole rings is 1. The molecule has 19 heavy (non-hydrogen) atoms. The molecule has 1 heterocycles. The third-order valence-corrected chi connectivity index (χ3v) is 3.67. The fraction of sp³-hybridized carbons (Fsp3) is 0.286. The Balaban J connectivity index is 2.02. The normalized spacial score (nSPS) is 22.8. The minimum absolute atomic E-state index is 0.214. The van der Waals surface area contributed by atoms with Gasteiger partial charge < -0.3 is 9.52 Å². The zero-order valence-corrected chi connectivity index (χ0v) is 10.8. The van der Waals surface area contributed by atoms with E-state index in [2.05, 4.69) is 4.98 Å². The molecular formula is C14H12ClNO3. The number of aliphatic carboxylic acids is 1. The molecule has 0 amide bonds. The summed E-state index contributed by atoms with van der Waals surface area (Å²) in [4.78, 5) is 15.7. The van der Waals surface area contributed by atoms with Gasteiger partial charge >= 0.3 is 5.97 Å². The predicted octanol–water partition coefficient (Wildman–Crippen LogP) is 3.62. The predicted molar refractivity (Wildman–Crippen MR) is 71.3 cm³/mol. The number of hydrogen-bond donors (Lipinski definition) is 1. The first-order valence-corrected chi connectivity index (χ1v) is 6.47. The number of fused-ring (bicyclic) bond motifs is 1. The molecular weight excluding hydrogens is 266 g/mol. The highest BCUT2D eigenvalue weighted by atomic mass is 35.5. The van der Waals surface area contributed by atoms with Crippen LogP contribution >= 0.6 is 11.6 Å². The molecule has 0 saturated carbocycles. The van der Waals surface area contributed by atoms with Gasteiger partial charge in [0.1, 0.15) is 5.52 Å². The van der Waals surface area contributed by atoms with Crippen molar-refractivity contribution in [3.05, 3.63) is 41.3 Å². The molecule has 0 spiro atoms. The van der Waals surface area contributed by atoms with Crippen molar-refractivity contribution in [2.45, 2.75) is 18.8 Å². The van der Waals surface area contributed by atoms with Gasteiger partial charge in [-0.25, -0.2) is 4.98 Å². The first-order chi connectivity index (χ1) is 9.15. The standard InChI is InChI=1S/C14H12ClNO3/c15-8-5-6-11-12(7-8)19-13(16-11)9-3-1-2-4-10(9)14(17)18/h1-2,5-7,9-10H,3-4H2,(H,17,18)/t9-,10+/m1/s1. The van der Waals surface area contributed by atoms with Crippen molar-refractivity contribution in [1.82, 2.24) is 4.98 Å². The number of carboxylic acids is 1. The van der Waals surface area contributed by atoms with Crippen molar-refractivity contribution in [2.24, 2.45) is 5.92 Å². The van der Waals surface area contributed by atoms with Crippen LogP contribution in [0.2, 0.25) is 5.02 Å².